The van der Waals surface area contributed by atoms with E-state index in [4.69, 9.17) is 20.3 Å². The number of fused-ring (bicyclic) bond motifs is 2. The molecule has 9 nitrogen and oxygen atoms in total. The zero-order valence-electron chi connectivity index (χ0n) is 18.9. The van der Waals surface area contributed by atoms with E-state index >= 15 is 0 Å². The molecule has 2 aromatic carbocycles. The maximum Gasteiger partial charge on any atom is 0.250 e. The maximum atomic E-state index is 12.6. The first-order valence-electron chi connectivity index (χ1n) is 10.9. The second-order valence-electron chi connectivity index (χ2n) is 7.78. The molecular formula is C25H24N6O3. The van der Waals surface area contributed by atoms with Crippen LogP contribution in [0.15, 0.2) is 61.4 Å². The van der Waals surface area contributed by atoms with Gasteiger partial charge in [-0.15, -0.1) is 0 Å². The molecule has 3 heterocycles. The van der Waals surface area contributed by atoms with Gasteiger partial charge in [0.1, 0.15) is 17.8 Å². The van der Waals surface area contributed by atoms with Gasteiger partial charge in [-0.2, -0.15) is 5.10 Å². The van der Waals surface area contributed by atoms with Crippen LogP contribution in [0.5, 0.6) is 11.5 Å². The van der Waals surface area contributed by atoms with E-state index in [0.29, 0.717) is 47.2 Å². The van der Waals surface area contributed by atoms with Crippen LogP contribution >= 0.6 is 0 Å². The van der Waals surface area contributed by atoms with Gasteiger partial charge in [-0.05, 0) is 37.3 Å². The molecule has 0 fully saturated rings. The number of aromatic nitrogens is 4. The molecule has 0 spiro atoms. The second kappa shape index (κ2) is 8.51. The van der Waals surface area contributed by atoms with Crippen molar-refractivity contribution in [3.8, 4) is 22.8 Å². The van der Waals surface area contributed by atoms with Crippen molar-refractivity contribution in [2.45, 2.75) is 13.0 Å². The molecule has 2 aromatic heterocycles. The number of hydrogen-bond donors (Lipinski definition) is 1. The fourth-order valence-corrected chi connectivity index (χ4v) is 4.42. The fourth-order valence-electron chi connectivity index (χ4n) is 4.42. The molecule has 172 valence electrons. The molecule has 0 aliphatic carbocycles. The van der Waals surface area contributed by atoms with Crippen LogP contribution in [-0.2, 0) is 4.79 Å². The maximum absolute atomic E-state index is 12.6. The van der Waals surface area contributed by atoms with Gasteiger partial charge >= 0.3 is 0 Å². The largest absolute Gasteiger partial charge is 0.493 e. The van der Waals surface area contributed by atoms with E-state index < -0.39 is 0 Å². The van der Waals surface area contributed by atoms with Crippen LogP contribution in [0, 0.1) is 0 Å². The van der Waals surface area contributed by atoms with Crippen LogP contribution in [0.1, 0.15) is 18.5 Å². The first-order valence-corrected chi connectivity index (χ1v) is 10.9. The highest BCUT2D eigenvalue weighted by molar-refractivity contribution is 6.03. The number of anilines is 2. The highest BCUT2D eigenvalue weighted by Crippen LogP contribution is 2.41. The number of carbonyl (C=O) groups is 1. The first-order chi connectivity index (χ1) is 16.6. The number of amides is 1. The van der Waals surface area contributed by atoms with Crippen LogP contribution in [0.25, 0.3) is 22.3 Å². The third-order valence-electron chi connectivity index (χ3n) is 5.93. The average Bonchev–Trinajstić information content (AvgIpc) is 3.44. The number of nitrogens with two attached hydrogens (primary N) is 1. The number of hydrogen-bond acceptors (Lipinski definition) is 7. The first kappa shape index (κ1) is 21.4. The third kappa shape index (κ3) is 3.33. The molecule has 34 heavy (non-hydrogen) atoms. The van der Waals surface area contributed by atoms with Crippen LogP contribution in [0.4, 0.5) is 11.5 Å². The Kier molecular flexibility index (Phi) is 5.37. The molecule has 0 saturated heterocycles. The molecular weight excluding hydrogens is 432 g/mol. The Hall–Kier alpha value is -4.40. The van der Waals surface area contributed by atoms with E-state index in [-0.39, 0.29) is 11.9 Å². The van der Waals surface area contributed by atoms with Crippen LogP contribution < -0.4 is 20.1 Å². The lowest BCUT2D eigenvalue weighted by Crippen LogP contribution is -2.29. The van der Waals surface area contributed by atoms with E-state index in [0.717, 1.165) is 16.8 Å². The summed E-state index contributed by atoms with van der Waals surface area (Å²) in [6.07, 6.45) is 2.74. The number of methoxy groups -OCH3 is 1. The number of ether oxygens (including phenoxy) is 2. The standard InChI is InChI=1S/C25H24N6O3/c1-4-21(32)30-13-18(16-8-6-7-9-17(16)30)31-25-22(24(26)27-14-28-25)23(29-31)15-10-11-19(34-5-2)20(12-15)33-3/h4,6-12,14,18H,1,5,13H2,2-3H3,(H2,26,27,28). The molecule has 1 aliphatic heterocycles. The van der Waals surface area contributed by atoms with E-state index in [2.05, 4.69) is 16.5 Å². The Morgan fingerprint density at radius 3 is 2.82 bits per heavy atom. The molecule has 1 unspecified atom stereocenters. The molecule has 0 saturated carbocycles. The van der Waals surface area contributed by atoms with E-state index in [1.807, 2.05) is 54.1 Å². The van der Waals surface area contributed by atoms with Crippen molar-refractivity contribution in [1.29, 1.82) is 0 Å². The van der Waals surface area contributed by atoms with Gasteiger partial charge in [0.25, 0.3) is 0 Å². The van der Waals surface area contributed by atoms with E-state index in [1.165, 1.54) is 12.4 Å². The molecule has 1 amide bonds. The normalized spacial score (nSPS) is 14.8. The monoisotopic (exact) mass is 456 g/mol. The summed E-state index contributed by atoms with van der Waals surface area (Å²) in [6, 6.07) is 13.1. The second-order valence-corrected chi connectivity index (χ2v) is 7.78. The summed E-state index contributed by atoms with van der Waals surface area (Å²) in [5.41, 5.74) is 10.1. The van der Waals surface area contributed by atoms with Gasteiger partial charge in [0, 0.05) is 16.8 Å². The van der Waals surface area contributed by atoms with Gasteiger partial charge in [0.05, 0.1) is 31.7 Å². The van der Waals surface area contributed by atoms with Crippen molar-refractivity contribution in [2.24, 2.45) is 0 Å². The van der Waals surface area contributed by atoms with Crippen LogP contribution in [-0.4, -0.2) is 45.9 Å². The predicted octanol–water partition coefficient (Wildman–Crippen LogP) is 3.60. The zero-order valence-corrected chi connectivity index (χ0v) is 18.9. The molecule has 0 radical (unpaired) electrons. The lowest BCUT2D eigenvalue weighted by molar-refractivity contribution is -0.114. The van der Waals surface area contributed by atoms with Crippen molar-refractivity contribution in [3.63, 3.8) is 0 Å². The Morgan fingerprint density at radius 1 is 1.24 bits per heavy atom. The number of nitrogen functional groups attached to an aromatic ring is 1. The molecule has 5 rings (SSSR count). The SMILES string of the molecule is C=CC(=O)N1CC(n2nc(-c3ccc(OCC)c(OC)c3)c3c(N)ncnc32)c2ccccc21. The smallest absolute Gasteiger partial charge is 0.250 e. The lowest BCUT2D eigenvalue weighted by Gasteiger charge is -2.16. The van der Waals surface area contributed by atoms with Crippen molar-refractivity contribution in [2.75, 3.05) is 30.9 Å². The highest BCUT2D eigenvalue weighted by Gasteiger charge is 2.35. The molecule has 9 heteroatoms. The average molecular weight is 457 g/mol. The molecule has 1 atom stereocenters. The summed E-state index contributed by atoms with van der Waals surface area (Å²) in [4.78, 5) is 23.0. The number of para-hydroxylation sites is 1. The van der Waals surface area contributed by atoms with E-state index in [1.54, 1.807) is 12.0 Å². The predicted molar refractivity (Wildman–Crippen MR) is 130 cm³/mol. The van der Waals surface area contributed by atoms with Crippen molar-refractivity contribution >= 4 is 28.4 Å². The Bertz CT molecular complexity index is 1410. The quantitative estimate of drug-likeness (QED) is 0.442. The van der Waals surface area contributed by atoms with Crippen molar-refractivity contribution in [1.82, 2.24) is 19.7 Å². The summed E-state index contributed by atoms with van der Waals surface area (Å²) in [6.45, 7) is 6.48. The van der Waals surface area contributed by atoms with Gasteiger partial charge in [0.2, 0.25) is 5.91 Å². The van der Waals surface area contributed by atoms with Gasteiger partial charge in [-0.1, -0.05) is 24.8 Å². The Balaban J connectivity index is 1.69. The summed E-state index contributed by atoms with van der Waals surface area (Å²) in [5, 5.41) is 5.58. The molecule has 2 N–H and O–H groups in total. The molecule has 0 bridgehead atoms. The summed E-state index contributed by atoms with van der Waals surface area (Å²) < 4.78 is 13.0. The van der Waals surface area contributed by atoms with Crippen molar-refractivity contribution in [3.05, 3.63) is 67.0 Å². The minimum Gasteiger partial charge on any atom is -0.493 e. The molecule has 1 aliphatic rings. The number of benzene rings is 2. The van der Waals surface area contributed by atoms with Gasteiger partial charge in [-0.25, -0.2) is 14.6 Å². The Morgan fingerprint density at radius 2 is 2.06 bits per heavy atom. The highest BCUT2D eigenvalue weighted by atomic mass is 16.5. The molecule has 4 aromatic rings. The summed E-state index contributed by atoms with van der Waals surface area (Å²) >= 11 is 0. The number of nitrogens with zero attached hydrogens (tertiary/aromatic N) is 5. The minimum absolute atomic E-state index is 0.169. The third-order valence-corrected chi connectivity index (χ3v) is 5.93. The number of carbonyl (C=O) groups excluding carboxylic acids is 1. The topological polar surface area (TPSA) is 108 Å². The van der Waals surface area contributed by atoms with E-state index in [9.17, 15) is 4.79 Å². The zero-order chi connectivity index (χ0) is 23.8. The summed E-state index contributed by atoms with van der Waals surface area (Å²) in [7, 11) is 1.59. The lowest BCUT2D eigenvalue weighted by atomic mass is 10.1. The minimum atomic E-state index is -0.254. The van der Waals surface area contributed by atoms with Crippen LogP contribution in [0.2, 0.25) is 0 Å². The fraction of sp³-hybridized carbons (Fsp3) is 0.200. The van der Waals surface area contributed by atoms with Gasteiger partial charge < -0.3 is 20.1 Å². The van der Waals surface area contributed by atoms with Gasteiger partial charge in [0.15, 0.2) is 17.1 Å². The Labute approximate surface area is 196 Å². The summed E-state index contributed by atoms with van der Waals surface area (Å²) in [5.74, 6) is 1.39. The van der Waals surface area contributed by atoms with Gasteiger partial charge in [-0.3, -0.25) is 4.79 Å². The number of rotatable bonds is 6. The van der Waals surface area contributed by atoms with Crippen molar-refractivity contribution < 1.29 is 14.3 Å². The van der Waals surface area contributed by atoms with Crippen LogP contribution in [0.3, 0.4) is 0 Å².